The Morgan fingerprint density at radius 1 is 1.35 bits per heavy atom. The molecule has 2 aromatic rings. The van der Waals surface area contributed by atoms with E-state index in [2.05, 4.69) is 26.1 Å². The van der Waals surface area contributed by atoms with Gasteiger partial charge in [0.2, 0.25) is 5.91 Å². The maximum absolute atomic E-state index is 12.2. The minimum absolute atomic E-state index is 0. The van der Waals surface area contributed by atoms with Crippen LogP contribution in [0, 0.1) is 0 Å². The van der Waals surface area contributed by atoms with Crippen molar-refractivity contribution in [3.05, 3.63) is 41.2 Å². The minimum atomic E-state index is -0.211. The summed E-state index contributed by atoms with van der Waals surface area (Å²) in [7, 11) is 0. The summed E-state index contributed by atoms with van der Waals surface area (Å²) in [4.78, 5) is 23.3. The van der Waals surface area contributed by atoms with Crippen molar-refractivity contribution in [3.8, 4) is 5.75 Å². The normalized spacial score (nSPS) is 12.5. The van der Waals surface area contributed by atoms with Gasteiger partial charge in [0, 0.05) is 49.4 Å². The average Bonchev–Trinajstić information content (AvgIpc) is 3.02. The molecule has 0 saturated heterocycles. The number of ether oxygens (including phenoxy) is 1. The molecule has 8 nitrogen and oxygen atoms in total. The highest BCUT2D eigenvalue weighted by Crippen LogP contribution is 2.17. The fraction of sp³-hybridized carbons (Fsp3) is 0.353. The molecule has 2 amide bonds. The molecule has 0 bridgehead atoms. The Morgan fingerprint density at radius 2 is 2.19 bits per heavy atom. The highest BCUT2D eigenvalue weighted by atomic mass is 35.5. The van der Waals surface area contributed by atoms with Crippen molar-refractivity contribution in [3.63, 3.8) is 0 Å². The van der Waals surface area contributed by atoms with Crippen LogP contribution in [0.2, 0.25) is 0 Å². The molecule has 0 spiro atoms. The Kier molecular flexibility index (Phi) is 6.99. The Bertz CT molecular complexity index is 778. The summed E-state index contributed by atoms with van der Waals surface area (Å²) in [6.45, 7) is 3.67. The van der Waals surface area contributed by atoms with Crippen molar-refractivity contribution in [2.24, 2.45) is 0 Å². The molecule has 1 aromatic carbocycles. The third kappa shape index (κ3) is 4.96. The fourth-order valence-corrected chi connectivity index (χ4v) is 2.70. The van der Waals surface area contributed by atoms with E-state index in [0.29, 0.717) is 36.8 Å². The van der Waals surface area contributed by atoms with Crippen LogP contribution in [0.5, 0.6) is 5.75 Å². The second kappa shape index (κ2) is 9.21. The lowest BCUT2D eigenvalue weighted by Gasteiger charge is -2.13. The van der Waals surface area contributed by atoms with Crippen LogP contribution >= 0.6 is 12.4 Å². The molecule has 0 fully saturated rings. The molecule has 0 atom stereocenters. The third-order valence-corrected chi connectivity index (χ3v) is 3.83. The number of nitrogens with one attached hydrogen (secondary N) is 4. The molecule has 0 aliphatic carbocycles. The van der Waals surface area contributed by atoms with Crippen molar-refractivity contribution in [1.29, 1.82) is 0 Å². The molecule has 1 aromatic heterocycles. The van der Waals surface area contributed by atoms with Crippen LogP contribution in [0.3, 0.4) is 0 Å². The molecular weight excluding hydrogens is 358 g/mol. The number of amides is 2. The number of carbonyl (C=O) groups is 2. The van der Waals surface area contributed by atoms with Gasteiger partial charge in [-0.25, -0.2) is 0 Å². The predicted molar refractivity (Wildman–Crippen MR) is 99.8 cm³/mol. The van der Waals surface area contributed by atoms with Crippen LogP contribution in [0.15, 0.2) is 24.3 Å². The van der Waals surface area contributed by atoms with E-state index in [0.717, 1.165) is 24.2 Å². The zero-order valence-electron chi connectivity index (χ0n) is 14.4. The van der Waals surface area contributed by atoms with Crippen molar-refractivity contribution in [2.45, 2.75) is 19.9 Å². The Labute approximate surface area is 157 Å². The lowest BCUT2D eigenvalue weighted by Crippen LogP contribution is -2.31. The first kappa shape index (κ1) is 19.7. The minimum Gasteiger partial charge on any atom is -0.492 e. The lowest BCUT2D eigenvalue weighted by molar-refractivity contribution is -0.114. The van der Waals surface area contributed by atoms with E-state index in [1.165, 1.54) is 6.92 Å². The van der Waals surface area contributed by atoms with Gasteiger partial charge < -0.3 is 20.7 Å². The van der Waals surface area contributed by atoms with E-state index >= 15 is 0 Å². The number of hydrogen-bond donors (Lipinski definition) is 4. The van der Waals surface area contributed by atoms with Crippen molar-refractivity contribution in [2.75, 3.05) is 25.0 Å². The zero-order chi connectivity index (χ0) is 17.6. The summed E-state index contributed by atoms with van der Waals surface area (Å²) in [5.41, 5.74) is 3.07. The highest BCUT2D eigenvalue weighted by molar-refractivity contribution is 5.94. The third-order valence-electron chi connectivity index (χ3n) is 3.83. The van der Waals surface area contributed by atoms with Gasteiger partial charge in [-0.05, 0) is 12.1 Å². The van der Waals surface area contributed by atoms with E-state index in [9.17, 15) is 9.59 Å². The number of benzene rings is 1. The number of aromatic nitrogens is 2. The van der Waals surface area contributed by atoms with Gasteiger partial charge in [0.1, 0.15) is 12.4 Å². The molecule has 2 heterocycles. The van der Waals surface area contributed by atoms with Crippen LogP contribution in [0.25, 0.3) is 0 Å². The van der Waals surface area contributed by atoms with Gasteiger partial charge in [-0.1, -0.05) is 6.07 Å². The smallest absolute Gasteiger partial charge is 0.272 e. The van der Waals surface area contributed by atoms with Gasteiger partial charge in [0.15, 0.2) is 5.69 Å². The molecule has 4 N–H and O–H groups in total. The summed E-state index contributed by atoms with van der Waals surface area (Å²) in [6, 6.07) is 7.11. The summed E-state index contributed by atoms with van der Waals surface area (Å²) >= 11 is 0. The second-order valence-corrected chi connectivity index (χ2v) is 5.77. The monoisotopic (exact) mass is 379 g/mol. The summed E-state index contributed by atoms with van der Waals surface area (Å²) in [5, 5.41) is 15.8. The van der Waals surface area contributed by atoms with Gasteiger partial charge in [0.25, 0.3) is 5.91 Å². The van der Waals surface area contributed by atoms with E-state index in [1.807, 2.05) is 0 Å². The molecule has 1 aliphatic heterocycles. The number of anilines is 1. The molecule has 26 heavy (non-hydrogen) atoms. The largest absolute Gasteiger partial charge is 0.492 e. The number of aromatic amines is 1. The summed E-state index contributed by atoms with van der Waals surface area (Å²) < 4.78 is 5.60. The SMILES string of the molecule is CC(=O)Nc1cccc(OCCNC(=O)c2n[nH]c3c2CNCC3)c1.Cl. The molecule has 0 radical (unpaired) electrons. The Hall–Kier alpha value is -2.58. The van der Waals surface area contributed by atoms with Gasteiger partial charge in [-0.3, -0.25) is 14.7 Å². The zero-order valence-corrected chi connectivity index (χ0v) is 15.2. The van der Waals surface area contributed by atoms with E-state index in [-0.39, 0.29) is 24.2 Å². The number of nitrogens with zero attached hydrogens (tertiary/aromatic N) is 1. The number of H-pyrrole nitrogens is 1. The molecule has 0 unspecified atom stereocenters. The van der Waals surface area contributed by atoms with Crippen molar-refractivity contribution >= 4 is 29.9 Å². The second-order valence-electron chi connectivity index (χ2n) is 5.77. The van der Waals surface area contributed by atoms with Crippen LogP contribution < -0.4 is 20.7 Å². The van der Waals surface area contributed by atoms with Crippen LogP contribution in [0.1, 0.15) is 28.7 Å². The first-order valence-electron chi connectivity index (χ1n) is 8.19. The van der Waals surface area contributed by atoms with Gasteiger partial charge >= 0.3 is 0 Å². The first-order chi connectivity index (χ1) is 12.1. The van der Waals surface area contributed by atoms with Crippen molar-refractivity contribution in [1.82, 2.24) is 20.8 Å². The average molecular weight is 380 g/mol. The molecule has 3 rings (SSSR count). The number of rotatable bonds is 6. The Balaban J connectivity index is 0.00000243. The van der Waals surface area contributed by atoms with E-state index in [1.54, 1.807) is 24.3 Å². The number of fused-ring (bicyclic) bond motifs is 1. The van der Waals surface area contributed by atoms with Crippen LogP contribution in [-0.2, 0) is 17.8 Å². The topological polar surface area (TPSA) is 108 Å². The molecule has 1 aliphatic rings. The number of halogens is 1. The molecule has 9 heteroatoms. The lowest BCUT2D eigenvalue weighted by atomic mass is 10.1. The summed E-state index contributed by atoms with van der Waals surface area (Å²) in [5.74, 6) is 0.278. The quantitative estimate of drug-likeness (QED) is 0.565. The standard InChI is InChI=1S/C17H21N5O3.ClH/c1-11(23)20-12-3-2-4-13(9-12)25-8-7-19-17(24)16-14-10-18-6-5-15(14)21-22-16;/h2-4,9,18H,5-8,10H2,1H3,(H,19,24)(H,20,23)(H,21,22);1H. The molecule has 140 valence electrons. The fourth-order valence-electron chi connectivity index (χ4n) is 2.70. The van der Waals surface area contributed by atoms with Crippen molar-refractivity contribution < 1.29 is 14.3 Å². The molecule has 0 saturated carbocycles. The Morgan fingerprint density at radius 3 is 3.00 bits per heavy atom. The number of carbonyl (C=O) groups excluding carboxylic acids is 2. The van der Waals surface area contributed by atoms with Gasteiger partial charge in [0.05, 0.1) is 6.54 Å². The maximum Gasteiger partial charge on any atom is 0.272 e. The predicted octanol–water partition coefficient (Wildman–Crippen LogP) is 1.24. The van der Waals surface area contributed by atoms with E-state index in [4.69, 9.17) is 4.74 Å². The summed E-state index contributed by atoms with van der Waals surface area (Å²) in [6.07, 6.45) is 0.851. The first-order valence-corrected chi connectivity index (χ1v) is 8.19. The van der Waals surface area contributed by atoms with Gasteiger partial charge in [-0.2, -0.15) is 5.10 Å². The number of hydrogen-bond acceptors (Lipinski definition) is 5. The van der Waals surface area contributed by atoms with Crippen LogP contribution in [-0.4, -0.2) is 41.7 Å². The van der Waals surface area contributed by atoms with E-state index < -0.39 is 0 Å². The highest BCUT2D eigenvalue weighted by Gasteiger charge is 2.21. The van der Waals surface area contributed by atoms with Gasteiger partial charge in [-0.15, -0.1) is 12.4 Å². The van der Waals surface area contributed by atoms with Crippen LogP contribution in [0.4, 0.5) is 5.69 Å². The maximum atomic E-state index is 12.2. The molecular formula is C17H22ClN5O3.